The summed E-state index contributed by atoms with van der Waals surface area (Å²) in [7, 11) is 1.59. The highest BCUT2D eigenvalue weighted by Crippen LogP contribution is 2.34. The van der Waals surface area contributed by atoms with Crippen molar-refractivity contribution in [2.75, 3.05) is 25.1 Å². The topological polar surface area (TPSA) is 95.5 Å². The van der Waals surface area contributed by atoms with Gasteiger partial charge in [-0.15, -0.1) is 0 Å². The Labute approximate surface area is 182 Å². The highest BCUT2D eigenvalue weighted by molar-refractivity contribution is 6.44. The molecule has 0 aromatic carbocycles. The Morgan fingerprint density at radius 3 is 2.66 bits per heavy atom. The van der Waals surface area contributed by atoms with E-state index in [0.29, 0.717) is 46.6 Å². The summed E-state index contributed by atoms with van der Waals surface area (Å²) >= 11 is 18.5. The number of hydrogen-bond acceptors (Lipinski definition) is 5. The van der Waals surface area contributed by atoms with Crippen LogP contribution >= 0.6 is 34.8 Å². The number of carboxylic acid groups (broad SMARTS) is 1. The number of H-pyrrole nitrogens is 1. The number of aryl methyl sites for hydroxylation is 1. The fourth-order valence-electron chi connectivity index (χ4n) is 3.58. The molecule has 0 aliphatic carbocycles. The molecule has 1 saturated heterocycles. The molecule has 10 heteroatoms. The van der Waals surface area contributed by atoms with Gasteiger partial charge >= 0.3 is 5.97 Å². The first-order chi connectivity index (χ1) is 13.7. The summed E-state index contributed by atoms with van der Waals surface area (Å²) in [5, 5.41) is 10.1. The highest BCUT2D eigenvalue weighted by atomic mass is 35.5. The van der Waals surface area contributed by atoms with Crippen LogP contribution in [0.5, 0.6) is 0 Å². The van der Waals surface area contributed by atoms with E-state index in [4.69, 9.17) is 39.5 Å². The molecule has 2 atom stereocenters. The minimum absolute atomic E-state index is 0.0262. The first kappa shape index (κ1) is 21.9. The third-order valence-electron chi connectivity index (χ3n) is 5.17. The van der Waals surface area contributed by atoms with Crippen molar-refractivity contribution in [1.29, 1.82) is 0 Å². The second-order valence-electron chi connectivity index (χ2n) is 6.98. The fourth-order valence-corrected chi connectivity index (χ4v) is 4.23. The maximum Gasteiger partial charge on any atom is 0.354 e. The van der Waals surface area contributed by atoms with E-state index < -0.39 is 5.97 Å². The summed E-state index contributed by atoms with van der Waals surface area (Å²) in [6, 6.07) is 1.45. The van der Waals surface area contributed by atoms with E-state index in [2.05, 4.69) is 9.97 Å². The van der Waals surface area contributed by atoms with Crippen LogP contribution in [0.4, 0.5) is 5.69 Å². The molecule has 2 aromatic heterocycles. The van der Waals surface area contributed by atoms with E-state index in [1.807, 2.05) is 4.90 Å². The molecule has 2 aromatic rings. The highest BCUT2D eigenvalue weighted by Gasteiger charge is 2.33. The number of rotatable bonds is 6. The Balaban J connectivity index is 1.74. The Hall–Kier alpha value is -1.80. The average Bonchev–Trinajstić information content (AvgIpc) is 2.96. The number of hydrogen-bond donors (Lipinski definition) is 2. The average molecular weight is 461 g/mol. The maximum absolute atomic E-state index is 12.7. The summed E-state index contributed by atoms with van der Waals surface area (Å²) in [5.41, 5.74) is 1.47. The molecule has 3 rings (SSSR count). The van der Waals surface area contributed by atoms with Gasteiger partial charge in [0.25, 0.3) is 0 Å². The number of aromatic nitrogens is 2. The van der Waals surface area contributed by atoms with Gasteiger partial charge in [0.2, 0.25) is 0 Å². The number of carbonyl (C=O) groups is 2. The number of aromatic carboxylic acids is 1. The Morgan fingerprint density at radius 2 is 2.07 bits per heavy atom. The van der Waals surface area contributed by atoms with Gasteiger partial charge < -0.3 is 19.7 Å². The lowest BCUT2D eigenvalue weighted by Crippen LogP contribution is -2.45. The lowest BCUT2D eigenvalue weighted by molar-refractivity contribution is 0.0375. The van der Waals surface area contributed by atoms with E-state index in [1.54, 1.807) is 14.0 Å². The van der Waals surface area contributed by atoms with Gasteiger partial charge in [-0.3, -0.25) is 4.79 Å². The molecular formula is C19H20Cl3N3O4. The number of Topliss-reactive ketones (excluding diaryl/α,β-unsaturated/α-hetero) is 1. The van der Waals surface area contributed by atoms with Gasteiger partial charge in [0.1, 0.15) is 11.4 Å². The monoisotopic (exact) mass is 459 g/mol. The quantitative estimate of drug-likeness (QED) is 0.617. The smallest absolute Gasteiger partial charge is 0.354 e. The zero-order chi connectivity index (χ0) is 21.3. The van der Waals surface area contributed by atoms with Gasteiger partial charge in [-0.25, -0.2) is 9.78 Å². The van der Waals surface area contributed by atoms with Gasteiger partial charge in [-0.2, -0.15) is 0 Å². The molecule has 0 amide bonds. The maximum atomic E-state index is 12.7. The van der Waals surface area contributed by atoms with E-state index >= 15 is 0 Å². The zero-order valence-electron chi connectivity index (χ0n) is 15.8. The molecule has 29 heavy (non-hydrogen) atoms. The fraction of sp³-hybridized carbons (Fsp3) is 0.421. The summed E-state index contributed by atoms with van der Waals surface area (Å²) in [6.45, 7) is 2.82. The molecule has 0 bridgehead atoms. The number of anilines is 1. The summed E-state index contributed by atoms with van der Waals surface area (Å²) in [4.78, 5) is 32.7. The van der Waals surface area contributed by atoms with Crippen LogP contribution in [0.25, 0.3) is 0 Å². The summed E-state index contributed by atoms with van der Waals surface area (Å²) in [5.74, 6) is -1.27. The van der Waals surface area contributed by atoms with Crippen LogP contribution in [-0.2, 0) is 4.74 Å². The van der Waals surface area contributed by atoms with Crippen molar-refractivity contribution >= 4 is 52.2 Å². The lowest BCUT2D eigenvalue weighted by atomic mass is 9.88. The number of ketones is 1. The molecule has 0 radical (unpaired) electrons. The first-order valence-electron chi connectivity index (χ1n) is 8.96. The predicted molar refractivity (Wildman–Crippen MR) is 112 cm³/mol. The third kappa shape index (κ3) is 4.53. The predicted octanol–water partition coefficient (Wildman–Crippen LogP) is 4.49. The van der Waals surface area contributed by atoms with Gasteiger partial charge in [-0.1, -0.05) is 34.8 Å². The molecule has 3 heterocycles. The number of methoxy groups -OCH3 is 1. The van der Waals surface area contributed by atoms with Crippen molar-refractivity contribution in [2.24, 2.45) is 5.92 Å². The van der Waals surface area contributed by atoms with E-state index in [1.165, 1.54) is 12.3 Å². The molecule has 1 aliphatic rings. The number of aromatic amines is 1. The van der Waals surface area contributed by atoms with Crippen molar-refractivity contribution in [3.05, 3.63) is 44.4 Å². The van der Waals surface area contributed by atoms with Crippen molar-refractivity contribution in [3.63, 3.8) is 0 Å². The van der Waals surface area contributed by atoms with Gasteiger partial charge in [-0.05, 0) is 25.3 Å². The second-order valence-corrected chi connectivity index (χ2v) is 8.14. The van der Waals surface area contributed by atoms with Crippen LogP contribution in [-0.4, -0.2) is 53.1 Å². The second kappa shape index (κ2) is 8.92. The van der Waals surface area contributed by atoms with Crippen LogP contribution in [0.2, 0.25) is 15.1 Å². The van der Waals surface area contributed by atoms with Crippen molar-refractivity contribution in [1.82, 2.24) is 9.97 Å². The molecule has 0 saturated carbocycles. The van der Waals surface area contributed by atoms with Gasteiger partial charge in [0, 0.05) is 38.5 Å². The number of pyridine rings is 1. The Morgan fingerprint density at radius 1 is 1.34 bits per heavy atom. The molecule has 2 N–H and O–H groups in total. The number of piperidine rings is 1. The number of nitrogens with zero attached hydrogens (tertiary/aromatic N) is 2. The van der Waals surface area contributed by atoms with Crippen molar-refractivity contribution in [3.8, 4) is 0 Å². The molecule has 1 fully saturated rings. The summed E-state index contributed by atoms with van der Waals surface area (Å²) < 4.78 is 5.63. The van der Waals surface area contributed by atoms with Crippen LogP contribution in [0, 0.1) is 12.8 Å². The van der Waals surface area contributed by atoms with Crippen LogP contribution in [0.3, 0.4) is 0 Å². The van der Waals surface area contributed by atoms with E-state index in [9.17, 15) is 14.7 Å². The van der Waals surface area contributed by atoms with Crippen molar-refractivity contribution < 1.29 is 19.4 Å². The Kier molecular flexibility index (Phi) is 6.73. The van der Waals surface area contributed by atoms with Gasteiger partial charge in [0.15, 0.2) is 5.78 Å². The summed E-state index contributed by atoms with van der Waals surface area (Å²) in [6.07, 6.45) is 2.01. The molecule has 7 nitrogen and oxygen atoms in total. The number of ether oxygens (including phenoxy) is 1. The minimum Gasteiger partial charge on any atom is -0.477 e. The van der Waals surface area contributed by atoms with E-state index in [0.717, 1.165) is 0 Å². The standard InChI is InChI=1S/C19H20Cl3N3O4/c1-9-16(21)17(22)18(24-9)14(26)5-10-3-4-25(8-15(10)29-2)13-6-12(19(27)28)23-7-11(13)20/h6-7,10,15,24H,3-5,8H2,1-2H3,(H,27,28). The normalized spacial score (nSPS) is 19.4. The van der Waals surface area contributed by atoms with E-state index in [-0.39, 0.29) is 34.9 Å². The third-order valence-corrected chi connectivity index (χ3v) is 6.41. The number of carbonyl (C=O) groups excluding carboxylic acids is 1. The number of carboxylic acids is 1. The molecular weight excluding hydrogens is 441 g/mol. The zero-order valence-corrected chi connectivity index (χ0v) is 18.1. The molecule has 156 valence electrons. The minimum atomic E-state index is -1.12. The lowest BCUT2D eigenvalue weighted by Gasteiger charge is -2.39. The molecule has 2 unspecified atom stereocenters. The van der Waals surface area contributed by atoms with Gasteiger partial charge in [0.05, 0.1) is 26.9 Å². The largest absolute Gasteiger partial charge is 0.477 e. The van der Waals surface area contributed by atoms with Crippen LogP contribution in [0.1, 0.15) is 39.5 Å². The first-order valence-corrected chi connectivity index (χ1v) is 10.1. The number of halogens is 3. The number of nitrogens with one attached hydrogen (secondary N) is 1. The SMILES string of the molecule is COC1CN(c2cc(C(=O)O)ncc2Cl)CCC1CC(=O)c1[nH]c(C)c(Cl)c1Cl. The molecule has 0 spiro atoms. The molecule has 1 aliphatic heterocycles. The Bertz CT molecular complexity index is 947. The van der Waals surface area contributed by atoms with Crippen LogP contribution < -0.4 is 4.90 Å². The van der Waals surface area contributed by atoms with Crippen LogP contribution in [0.15, 0.2) is 12.3 Å². The van der Waals surface area contributed by atoms with Crippen molar-refractivity contribution in [2.45, 2.75) is 25.9 Å².